The van der Waals surface area contributed by atoms with Crippen LogP contribution >= 0.6 is 0 Å². The van der Waals surface area contributed by atoms with Crippen LogP contribution in [0.25, 0.3) is 11.3 Å². The molecule has 0 saturated heterocycles. The first kappa shape index (κ1) is 20.7. The molecule has 0 saturated carbocycles. The number of hydrogen-bond acceptors (Lipinski definition) is 6. The van der Waals surface area contributed by atoms with E-state index in [9.17, 15) is 9.90 Å². The number of fused-ring (bicyclic) bond motifs is 1. The van der Waals surface area contributed by atoms with Gasteiger partial charge in [0, 0.05) is 31.4 Å². The van der Waals surface area contributed by atoms with Crippen LogP contribution in [0.5, 0.6) is 17.2 Å². The smallest absolute Gasteiger partial charge is 0.273 e. The van der Waals surface area contributed by atoms with E-state index < -0.39 is 0 Å². The number of amides is 1. The van der Waals surface area contributed by atoms with Gasteiger partial charge in [0.25, 0.3) is 5.91 Å². The molecule has 31 heavy (non-hydrogen) atoms. The highest BCUT2D eigenvalue weighted by Gasteiger charge is 2.42. The minimum Gasteiger partial charge on any atom is -0.508 e. The fourth-order valence-electron chi connectivity index (χ4n) is 4.02. The maximum Gasteiger partial charge on any atom is 0.273 e. The summed E-state index contributed by atoms with van der Waals surface area (Å²) in [4.78, 5) is 15.1. The second kappa shape index (κ2) is 8.69. The van der Waals surface area contributed by atoms with Gasteiger partial charge >= 0.3 is 0 Å². The number of methoxy groups -OCH3 is 3. The summed E-state index contributed by atoms with van der Waals surface area (Å²) in [5.41, 5.74) is 3.66. The number of phenolic OH excluding ortho intramolecular Hbond substituents is 1. The van der Waals surface area contributed by atoms with Crippen LogP contribution in [0, 0.1) is 0 Å². The Balaban J connectivity index is 1.83. The van der Waals surface area contributed by atoms with Gasteiger partial charge < -0.3 is 24.2 Å². The minimum absolute atomic E-state index is 0.108. The largest absolute Gasteiger partial charge is 0.508 e. The summed E-state index contributed by atoms with van der Waals surface area (Å²) in [6.45, 7) is 1.09. The number of carbonyl (C=O) groups excluding carboxylic acids is 1. The average molecular weight is 423 g/mol. The molecule has 8 nitrogen and oxygen atoms in total. The molecule has 8 heteroatoms. The molecular formula is C23H25N3O5. The van der Waals surface area contributed by atoms with Gasteiger partial charge in [0.15, 0.2) is 11.5 Å². The summed E-state index contributed by atoms with van der Waals surface area (Å²) in [6, 6.07) is 12.1. The quantitative estimate of drug-likeness (QED) is 0.539. The van der Waals surface area contributed by atoms with Crippen molar-refractivity contribution in [3.05, 3.63) is 59.3 Å². The zero-order valence-corrected chi connectivity index (χ0v) is 17.7. The maximum absolute atomic E-state index is 13.3. The zero-order chi connectivity index (χ0) is 22.0. The Morgan fingerprint density at radius 3 is 2.48 bits per heavy atom. The fraction of sp³-hybridized carbons (Fsp3) is 0.304. The molecule has 0 radical (unpaired) electrons. The highest BCUT2D eigenvalue weighted by Crippen LogP contribution is 2.44. The Hall–Kier alpha value is -3.52. The molecule has 2 heterocycles. The normalized spacial score (nSPS) is 15.3. The van der Waals surface area contributed by atoms with E-state index in [4.69, 9.17) is 14.2 Å². The Bertz CT molecular complexity index is 1080. The van der Waals surface area contributed by atoms with Gasteiger partial charge in [0.05, 0.1) is 26.0 Å². The van der Waals surface area contributed by atoms with Gasteiger partial charge in [0.1, 0.15) is 11.4 Å². The van der Waals surface area contributed by atoms with Gasteiger partial charge in [0.2, 0.25) is 0 Å². The van der Waals surface area contributed by atoms with Gasteiger partial charge in [-0.15, -0.1) is 0 Å². The van der Waals surface area contributed by atoms with Crippen molar-refractivity contribution in [2.24, 2.45) is 0 Å². The number of nitrogens with one attached hydrogen (secondary N) is 1. The zero-order valence-electron chi connectivity index (χ0n) is 17.7. The highest BCUT2D eigenvalue weighted by molar-refractivity contribution is 6.00. The standard InChI is InChI=1S/C23H25N3O5/c1-29-12-4-11-26-22(15-7-10-17(30-2)18(13-15)31-3)19-20(24-25-21(19)23(26)28)14-5-8-16(27)9-6-14/h5-10,13,22,27H,4,11-12H2,1-3H3,(H,24,25). The molecule has 1 atom stereocenters. The van der Waals surface area contributed by atoms with E-state index in [0.717, 1.165) is 16.7 Å². The molecule has 2 aromatic carbocycles. The molecule has 1 unspecified atom stereocenters. The third kappa shape index (κ3) is 3.70. The number of aromatic nitrogens is 2. The summed E-state index contributed by atoms with van der Waals surface area (Å²) < 4.78 is 16.1. The summed E-state index contributed by atoms with van der Waals surface area (Å²) in [7, 11) is 4.82. The summed E-state index contributed by atoms with van der Waals surface area (Å²) in [5.74, 6) is 1.27. The lowest BCUT2D eigenvalue weighted by Gasteiger charge is -2.27. The lowest BCUT2D eigenvalue weighted by molar-refractivity contribution is 0.0723. The van der Waals surface area contributed by atoms with Gasteiger partial charge in [-0.25, -0.2) is 0 Å². The van der Waals surface area contributed by atoms with E-state index in [2.05, 4.69) is 10.2 Å². The van der Waals surface area contributed by atoms with Crippen LogP contribution in [-0.4, -0.2) is 60.6 Å². The number of aromatic hydroxyl groups is 1. The SMILES string of the molecule is COCCCN1C(=O)c2[nH]nc(-c3ccc(O)cc3)c2C1c1ccc(OC)c(OC)c1. The van der Waals surface area contributed by atoms with Gasteiger partial charge in [-0.3, -0.25) is 9.89 Å². The van der Waals surface area contributed by atoms with Crippen LogP contribution in [0.4, 0.5) is 0 Å². The van der Waals surface area contributed by atoms with Crippen molar-refractivity contribution < 1.29 is 24.1 Å². The monoisotopic (exact) mass is 423 g/mol. The van der Waals surface area contributed by atoms with Crippen molar-refractivity contribution in [3.63, 3.8) is 0 Å². The second-order valence-electron chi connectivity index (χ2n) is 7.27. The number of ether oxygens (including phenoxy) is 3. The van der Waals surface area contributed by atoms with Gasteiger partial charge in [-0.2, -0.15) is 5.10 Å². The minimum atomic E-state index is -0.346. The first-order chi connectivity index (χ1) is 15.1. The molecule has 162 valence electrons. The van der Waals surface area contributed by atoms with Crippen LogP contribution in [0.15, 0.2) is 42.5 Å². The average Bonchev–Trinajstić information content (AvgIpc) is 3.33. The lowest BCUT2D eigenvalue weighted by Crippen LogP contribution is -2.31. The Kier molecular flexibility index (Phi) is 5.81. The molecule has 3 aromatic rings. The third-order valence-corrected chi connectivity index (χ3v) is 5.48. The fourth-order valence-corrected chi connectivity index (χ4v) is 4.02. The van der Waals surface area contributed by atoms with Crippen LogP contribution < -0.4 is 9.47 Å². The lowest BCUT2D eigenvalue weighted by atomic mass is 9.95. The first-order valence-electron chi connectivity index (χ1n) is 9.98. The number of hydrogen-bond donors (Lipinski definition) is 2. The number of rotatable bonds is 8. The molecule has 0 aliphatic carbocycles. The van der Waals surface area contributed by atoms with E-state index >= 15 is 0 Å². The van der Waals surface area contributed by atoms with Crippen LogP contribution in [0.2, 0.25) is 0 Å². The molecule has 2 N–H and O–H groups in total. The second-order valence-corrected chi connectivity index (χ2v) is 7.27. The highest BCUT2D eigenvalue weighted by atomic mass is 16.5. The van der Waals surface area contributed by atoms with Crippen molar-refractivity contribution in [1.29, 1.82) is 0 Å². The number of nitrogens with zero attached hydrogens (tertiary/aromatic N) is 2. The molecule has 0 bridgehead atoms. The maximum atomic E-state index is 13.3. The first-order valence-corrected chi connectivity index (χ1v) is 9.98. The summed E-state index contributed by atoms with van der Waals surface area (Å²) >= 11 is 0. The Labute approximate surface area is 180 Å². The molecule has 4 rings (SSSR count). The van der Waals surface area contributed by atoms with E-state index in [1.807, 2.05) is 23.1 Å². The molecule has 1 aromatic heterocycles. The van der Waals surface area contributed by atoms with Crippen LogP contribution in [-0.2, 0) is 4.74 Å². The predicted octanol–water partition coefficient (Wildman–Crippen LogP) is 3.38. The van der Waals surface area contributed by atoms with Crippen molar-refractivity contribution in [3.8, 4) is 28.5 Å². The summed E-state index contributed by atoms with van der Waals surface area (Å²) in [5, 5.41) is 17.0. The van der Waals surface area contributed by atoms with Crippen LogP contribution in [0.3, 0.4) is 0 Å². The van der Waals surface area contributed by atoms with E-state index in [1.165, 1.54) is 0 Å². The number of carbonyl (C=O) groups is 1. The number of H-pyrrole nitrogens is 1. The number of aromatic amines is 1. The van der Waals surface area contributed by atoms with Crippen molar-refractivity contribution >= 4 is 5.91 Å². The third-order valence-electron chi connectivity index (χ3n) is 5.48. The number of benzene rings is 2. The van der Waals surface area contributed by atoms with Crippen molar-refractivity contribution in [2.75, 3.05) is 34.5 Å². The number of phenols is 1. The van der Waals surface area contributed by atoms with Gasteiger partial charge in [-0.1, -0.05) is 6.07 Å². The molecule has 1 aliphatic rings. The molecular weight excluding hydrogens is 398 g/mol. The Morgan fingerprint density at radius 2 is 1.81 bits per heavy atom. The van der Waals surface area contributed by atoms with E-state index in [-0.39, 0.29) is 17.7 Å². The van der Waals surface area contributed by atoms with E-state index in [0.29, 0.717) is 42.5 Å². The van der Waals surface area contributed by atoms with Crippen LogP contribution in [0.1, 0.15) is 34.1 Å². The van der Waals surface area contributed by atoms with Gasteiger partial charge in [-0.05, 0) is 48.4 Å². The van der Waals surface area contributed by atoms with Crippen molar-refractivity contribution in [1.82, 2.24) is 15.1 Å². The molecule has 0 spiro atoms. The molecule has 1 aliphatic heterocycles. The van der Waals surface area contributed by atoms with Crippen molar-refractivity contribution in [2.45, 2.75) is 12.5 Å². The molecule has 1 amide bonds. The predicted molar refractivity (Wildman–Crippen MR) is 115 cm³/mol. The topological polar surface area (TPSA) is 96.9 Å². The van der Waals surface area contributed by atoms with E-state index in [1.54, 1.807) is 45.6 Å². The molecule has 0 fully saturated rings. The Morgan fingerprint density at radius 1 is 1.06 bits per heavy atom. The summed E-state index contributed by atoms with van der Waals surface area (Å²) in [6.07, 6.45) is 0.707.